The number of hydrogen-bond acceptors (Lipinski definition) is 2. The van der Waals surface area contributed by atoms with Gasteiger partial charge in [-0.1, -0.05) is 45.7 Å². The number of rotatable bonds is 4. The van der Waals surface area contributed by atoms with Crippen LogP contribution in [0.25, 0.3) is 10.9 Å². The van der Waals surface area contributed by atoms with Crippen molar-refractivity contribution < 1.29 is 4.79 Å². The standard InChI is InChI=1S/C21H21BrClN3O/c22-15-5-6-20(18(23)11-15)25-21(27)13-26-9-7-14(8-10-26)17-12-24-19-4-2-1-3-16(17)19/h1-6,11-12,14,24H,7-10,13H2,(H,25,27). The van der Waals surface area contributed by atoms with Gasteiger partial charge in [-0.2, -0.15) is 0 Å². The molecule has 0 aliphatic carbocycles. The zero-order valence-electron chi connectivity index (χ0n) is 14.8. The lowest BCUT2D eigenvalue weighted by Crippen LogP contribution is -2.38. The molecule has 1 amide bonds. The smallest absolute Gasteiger partial charge is 0.238 e. The number of likely N-dealkylation sites (tertiary alicyclic amines) is 1. The van der Waals surface area contributed by atoms with E-state index in [2.05, 4.69) is 61.6 Å². The van der Waals surface area contributed by atoms with E-state index in [9.17, 15) is 4.79 Å². The second kappa shape index (κ2) is 8.05. The number of H-pyrrole nitrogens is 1. The molecule has 0 spiro atoms. The molecule has 6 heteroatoms. The lowest BCUT2D eigenvalue weighted by molar-refractivity contribution is -0.117. The molecule has 1 saturated heterocycles. The number of piperidine rings is 1. The molecule has 2 N–H and O–H groups in total. The van der Waals surface area contributed by atoms with Gasteiger partial charge < -0.3 is 10.3 Å². The predicted molar refractivity (Wildman–Crippen MR) is 114 cm³/mol. The summed E-state index contributed by atoms with van der Waals surface area (Å²) in [5.74, 6) is 0.520. The lowest BCUT2D eigenvalue weighted by atomic mass is 9.89. The summed E-state index contributed by atoms with van der Waals surface area (Å²) in [4.78, 5) is 18.0. The molecular weight excluding hydrogens is 426 g/mol. The summed E-state index contributed by atoms with van der Waals surface area (Å²) in [5, 5.41) is 4.77. The number of halogens is 2. The lowest BCUT2D eigenvalue weighted by Gasteiger charge is -2.31. The molecule has 2 heterocycles. The van der Waals surface area contributed by atoms with Crippen LogP contribution >= 0.6 is 27.5 Å². The summed E-state index contributed by atoms with van der Waals surface area (Å²) >= 11 is 9.55. The van der Waals surface area contributed by atoms with Crippen molar-refractivity contribution in [3.8, 4) is 0 Å². The van der Waals surface area contributed by atoms with Crippen LogP contribution in [-0.2, 0) is 4.79 Å². The summed E-state index contributed by atoms with van der Waals surface area (Å²) < 4.78 is 0.893. The second-order valence-corrected chi connectivity index (χ2v) is 8.34. The van der Waals surface area contributed by atoms with E-state index in [4.69, 9.17) is 11.6 Å². The summed E-state index contributed by atoms with van der Waals surface area (Å²) in [6.45, 7) is 2.24. The van der Waals surface area contributed by atoms with Crippen LogP contribution in [0.5, 0.6) is 0 Å². The first-order valence-electron chi connectivity index (χ1n) is 9.13. The van der Waals surface area contributed by atoms with Gasteiger partial charge in [0.2, 0.25) is 5.91 Å². The van der Waals surface area contributed by atoms with Gasteiger partial charge >= 0.3 is 0 Å². The number of benzene rings is 2. The number of aromatic amines is 1. The van der Waals surface area contributed by atoms with E-state index < -0.39 is 0 Å². The summed E-state index contributed by atoms with van der Waals surface area (Å²) in [6.07, 6.45) is 4.27. The van der Waals surface area contributed by atoms with Gasteiger partial charge in [0.15, 0.2) is 0 Å². The third-order valence-corrected chi connectivity index (χ3v) is 6.03. The molecule has 3 aromatic rings. The van der Waals surface area contributed by atoms with Crippen LogP contribution in [0, 0.1) is 0 Å². The van der Waals surface area contributed by atoms with Crippen LogP contribution in [-0.4, -0.2) is 35.4 Å². The second-order valence-electron chi connectivity index (χ2n) is 7.01. The number of anilines is 1. The van der Waals surface area contributed by atoms with Gasteiger partial charge in [0.1, 0.15) is 0 Å². The van der Waals surface area contributed by atoms with Crippen molar-refractivity contribution in [3.05, 3.63) is 63.7 Å². The van der Waals surface area contributed by atoms with Gasteiger partial charge in [0.05, 0.1) is 17.3 Å². The number of aromatic nitrogens is 1. The zero-order valence-corrected chi connectivity index (χ0v) is 17.2. The summed E-state index contributed by atoms with van der Waals surface area (Å²) in [7, 11) is 0. The normalized spacial score (nSPS) is 15.9. The first-order chi connectivity index (χ1) is 13.1. The van der Waals surface area contributed by atoms with Crippen molar-refractivity contribution in [1.82, 2.24) is 9.88 Å². The number of amides is 1. The Labute approximate surface area is 172 Å². The van der Waals surface area contributed by atoms with Crippen molar-refractivity contribution in [2.75, 3.05) is 25.0 Å². The van der Waals surface area contributed by atoms with Gasteiger partial charge in [0, 0.05) is 21.6 Å². The van der Waals surface area contributed by atoms with Crippen molar-refractivity contribution in [3.63, 3.8) is 0 Å². The Morgan fingerprint density at radius 1 is 1.22 bits per heavy atom. The van der Waals surface area contributed by atoms with Crippen LogP contribution in [0.2, 0.25) is 5.02 Å². The molecule has 0 bridgehead atoms. The molecule has 0 radical (unpaired) electrons. The molecule has 1 aromatic heterocycles. The average molecular weight is 447 g/mol. The van der Waals surface area contributed by atoms with Crippen LogP contribution in [0.1, 0.15) is 24.3 Å². The van der Waals surface area contributed by atoms with Crippen molar-refractivity contribution >= 4 is 50.0 Å². The molecule has 0 unspecified atom stereocenters. The highest BCUT2D eigenvalue weighted by Crippen LogP contribution is 2.33. The first-order valence-corrected chi connectivity index (χ1v) is 10.3. The maximum absolute atomic E-state index is 12.4. The van der Waals surface area contributed by atoms with Crippen molar-refractivity contribution in [2.24, 2.45) is 0 Å². The number of nitrogens with one attached hydrogen (secondary N) is 2. The van der Waals surface area contributed by atoms with E-state index in [1.165, 1.54) is 16.5 Å². The Kier molecular flexibility index (Phi) is 5.53. The molecule has 27 heavy (non-hydrogen) atoms. The molecule has 140 valence electrons. The van der Waals surface area contributed by atoms with Crippen LogP contribution in [0.4, 0.5) is 5.69 Å². The minimum absolute atomic E-state index is 0.0234. The fourth-order valence-electron chi connectivity index (χ4n) is 3.82. The largest absolute Gasteiger partial charge is 0.361 e. The van der Waals surface area contributed by atoms with Crippen LogP contribution < -0.4 is 5.32 Å². The third kappa shape index (κ3) is 4.21. The summed E-state index contributed by atoms with van der Waals surface area (Å²) in [5.41, 5.74) is 3.25. The fourth-order valence-corrected chi connectivity index (χ4v) is 4.54. The van der Waals surface area contributed by atoms with Gasteiger partial charge in [-0.3, -0.25) is 9.69 Å². The van der Waals surface area contributed by atoms with Gasteiger partial charge in [0.25, 0.3) is 0 Å². The molecular formula is C21H21BrClN3O. The van der Waals surface area contributed by atoms with Crippen LogP contribution in [0.15, 0.2) is 53.1 Å². The van der Waals surface area contributed by atoms with E-state index >= 15 is 0 Å². The molecule has 1 aliphatic heterocycles. The minimum atomic E-state index is -0.0234. The number of fused-ring (bicyclic) bond motifs is 1. The number of nitrogens with zero attached hydrogens (tertiary/aromatic N) is 1. The quantitative estimate of drug-likeness (QED) is 0.563. The number of para-hydroxylation sites is 1. The molecule has 0 saturated carbocycles. The van der Waals surface area contributed by atoms with E-state index in [0.717, 1.165) is 30.4 Å². The molecule has 4 rings (SSSR count). The number of carbonyl (C=O) groups excluding carboxylic acids is 1. The topological polar surface area (TPSA) is 48.1 Å². The molecule has 1 fully saturated rings. The Morgan fingerprint density at radius 2 is 2.00 bits per heavy atom. The highest BCUT2D eigenvalue weighted by atomic mass is 79.9. The van der Waals surface area contributed by atoms with Crippen molar-refractivity contribution in [2.45, 2.75) is 18.8 Å². The van der Waals surface area contributed by atoms with Gasteiger partial charge in [-0.05, 0) is 61.7 Å². The van der Waals surface area contributed by atoms with Gasteiger partial charge in [-0.15, -0.1) is 0 Å². The Morgan fingerprint density at radius 3 is 2.78 bits per heavy atom. The first kappa shape index (κ1) is 18.5. The highest BCUT2D eigenvalue weighted by molar-refractivity contribution is 9.10. The Bertz CT molecular complexity index is 963. The zero-order chi connectivity index (χ0) is 18.8. The van der Waals surface area contributed by atoms with E-state index in [-0.39, 0.29) is 5.91 Å². The van der Waals surface area contributed by atoms with Gasteiger partial charge in [-0.25, -0.2) is 0 Å². The fraction of sp³-hybridized carbons (Fsp3) is 0.286. The molecule has 0 atom stereocenters. The number of hydrogen-bond donors (Lipinski definition) is 2. The third-order valence-electron chi connectivity index (χ3n) is 5.22. The Balaban J connectivity index is 1.33. The monoisotopic (exact) mass is 445 g/mol. The van der Waals surface area contributed by atoms with Crippen molar-refractivity contribution in [1.29, 1.82) is 0 Å². The molecule has 1 aliphatic rings. The predicted octanol–water partition coefficient (Wildman–Crippen LogP) is 5.40. The molecule has 2 aromatic carbocycles. The van der Waals surface area contributed by atoms with Crippen LogP contribution in [0.3, 0.4) is 0 Å². The van der Waals surface area contributed by atoms with E-state index in [1.54, 1.807) is 6.07 Å². The van der Waals surface area contributed by atoms with E-state index in [1.807, 2.05) is 12.1 Å². The average Bonchev–Trinajstić information content (AvgIpc) is 3.09. The van der Waals surface area contributed by atoms with E-state index in [0.29, 0.717) is 23.2 Å². The Hall–Kier alpha value is -1.82. The highest BCUT2D eigenvalue weighted by Gasteiger charge is 2.24. The summed E-state index contributed by atoms with van der Waals surface area (Å²) in [6, 6.07) is 13.9. The number of carbonyl (C=O) groups is 1. The maximum atomic E-state index is 12.4. The SMILES string of the molecule is O=C(CN1CCC(c2c[nH]c3ccccc23)CC1)Nc1ccc(Br)cc1Cl. The minimum Gasteiger partial charge on any atom is -0.361 e. The molecule has 4 nitrogen and oxygen atoms in total. The maximum Gasteiger partial charge on any atom is 0.238 e.